The Hall–Kier alpha value is -3.08. The predicted octanol–water partition coefficient (Wildman–Crippen LogP) is 8.62. The summed E-state index contributed by atoms with van der Waals surface area (Å²) in [5, 5.41) is 10.0. The highest BCUT2D eigenvalue weighted by Crippen LogP contribution is 2.49. The fourth-order valence-electron chi connectivity index (χ4n) is 4.72. The van der Waals surface area contributed by atoms with E-state index < -0.39 is 64.8 Å². The van der Waals surface area contributed by atoms with Gasteiger partial charge in [-0.05, 0) is 66.6 Å². The molecule has 0 fully saturated rings. The van der Waals surface area contributed by atoms with Crippen LogP contribution >= 0.6 is 11.8 Å². The fourth-order valence-corrected chi connectivity index (χ4v) is 4.97. The van der Waals surface area contributed by atoms with Crippen LogP contribution in [0, 0.1) is 11.3 Å². The molecule has 3 atom stereocenters. The maximum atomic E-state index is 13.6. The summed E-state index contributed by atoms with van der Waals surface area (Å²) in [6.45, 7) is 1.64. The van der Waals surface area contributed by atoms with E-state index in [4.69, 9.17) is 4.74 Å². The second-order valence-electron chi connectivity index (χ2n) is 9.10. The van der Waals surface area contributed by atoms with Crippen molar-refractivity contribution in [2.75, 3.05) is 23.5 Å². The van der Waals surface area contributed by atoms with Gasteiger partial charge >= 0.3 is 24.6 Å². The Labute approximate surface area is 228 Å². The Morgan fingerprint density at radius 3 is 2.05 bits per heavy atom. The number of nitriles is 1. The van der Waals surface area contributed by atoms with Crippen LogP contribution in [0.4, 0.5) is 50.0 Å². The van der Waals surface area contributed by atoms with Crippen LogP contribution in [-0.4, -0.2) is 30.8 Å². The molecule has 40 heavy (non-hydrogen) atoms. The van der Waals surface area contributed by atoms with E-state index in [2.05, 4.69) is 0 Å². The molecule has 218 valence electrons. The van der Waals surface area contributed by atoms with Crippen LogP contribution in [-0.2, 0) is 23.3 Å². The number of ether oxygens (including phenoxy) is 1. The minimum atomic E-state index is -5.19. The molecule has 2 aromatic rings. The number of carbonyl (C=O) groups is 1. The molecule has 0 N–H and O–H groups in total. The number of fused-ring (bicyclic) bond motifs is 1. The molecule has 0 aromatic heterocycles. The summed E-state index contributed by atoms with van der Waals surface area (Å²) in [5.74, 6) is -2.53. The lowest BCUT2D eigenvalue weighted by atomic mass is 9.74. The van der Waals surface area contributed by atoms with Crippen LogP contribution in [0.3, 0.4) is 0 Å². The molecule has 0 saturated heterocycles. The van der Waals surface area contributed by atoms with E-state index in [1.165, 1.54) is 11.8 Å². The molecule has 0 bridgehead atoms. The van der Waals surface area contributed by atoms with Crippen LogP contribution in [0.1, 0.15) is 59.4 Å². The standard InChI is InChI=1S/C26H23F9N2O2S/c1-3-18-12-19(21(13-36)14-8-16(25(30,31)32)10-17(9-14)26(33,34)35)20-11-15(24(27,28)29)4-5-22(20)37(18)23(38)39-6-7-40-2/h4-5,8-11,18-19,21H,3,6-7,12H2,1-2H3. The molecular formula is C26H23F9N2O2S. The van der Waals surface area contributed by atoms with Gasteiger partial charge in [-0.25, -0.2) is 4.79 Å². The Balaban J connectivity index is 2.23. The number of benzene rings is 2. The number of anilines is 1. The quantitative estimate of drug-likeness (QED) is 0.247. The van der Waals surface area contributed by atoms with Crippen molar-refractivity contribution in [3.05, 3.63) is 64.2 Å². The van der Waals surface area contributed by atoms with Gasteiger partial charge in [-0.3, -0.25) is 4.90 Å². The second kappa shape index (κ2) is 11.8. The molecule has 3 rings (SSSR count). The van der Waals surface area contributed by atoms with Crippen molar-refractivity contribution in [3.63, 3.8) is 0 Å². The zero-order chi connectivity index (χ0) is 30.0. The topological polar surface area (TPSA) is 53.3 Å². The van der Waals surface area contributed by atoms with E-state index in [1.54, 1.807) is 19.2 Å². The number of hydrogen-bond acceptors (Lipinski definition) is 4. The summed E-state index contributed by atoms with van der Waals surface area (Å²) in [4.78, 5) is 14.1. The van der Waals surface area contributed by atoms with Crippen LogP contribution in [0.2, 0.25) is 0 Å². The maximum absolute atomic E-state index is 13.6. The first-order chi connectivity index (χ1) is 18.5. The van der Waals surface area contributed by atoms with Crippen LogP contribution in [0.25, 0.3) is 0 Å². The van der Waals surface area contributed by atoms with Crippen LogP contribution in [0.5, 0.6) is 0 Å². The van der Waals surface area contributed by atoms with Gasteiger partial charge in [0.2, 0.25) is 0 Å². The summed E-state index contributed by atoms with van der Waals surface area (Å²) in [6, 6.07) is 4.07. The lowest BCUT2D eigenvalue weighted by Gasteiger charge is -2.41. The van der Waals surface area contributed by atoms with E-state index >= 15 is 0 Å². The number of halogens is 9. The van der Waals surface area contributed by atoms with Crippen molar-refractivity contribution < 1.29 is 49.0 Å². The van der Waals surface area contributed by atoms with Gasteiger partial charge in [0.05, 0.1) is 34.4 Å². The lowest BCUT2D eigenvalue weighted by molar-refractivity contribution is -0.143. The SMILES string of the molecule is CCC1CC(C(C#N)c2cc(C(F)(F)F)cc(C(F)(F)F)c2)c2cc(C(F)(F)F)ccc2N1C(=O)OCCSC. The summed E-state index contributed by atoms with van der Waals surface area (Å²) in [5.41, 5.74) is -5.37. The minimum absolute atomic E-state index is 0.00238. The summed E-state index contributed by atoms with van der Waals surface area (Å²) in [7, 11) is 0. The number of rotatable bonds is 6. The molecule has 0 spiro atoms. The van der Waals surface area contributed by atoms with Crippen LogP contribution < -0.4 is 4.90 Å². The van der Waals surface area contributed by atoms with Crippen molar-refractivity contribution in [2.45, 2.75) is 56.2 Å². The van der Waals surface area contributed by atoms with Gasteiger partial charge in [-0.1, -0.05) is 6.92 Å². The first-order valence-electron chi connectivity index (χ1n) is 11.9. The second-order valence-corrected chi connectivity index (χ2v) is 10.1. The average molecular weight is 599 g/mol. The number of thioether (sulfide) groups is 1. The molecule has 1 aliphatic rings. The molecule has 1 aliphatic heterocycles. The molecule has 0 saturated carbocycles. The normalized spacial score (nSPS) is 18.6. The zero-order valence-electron chi connectivity index (χ0n) is 21.0. The molecule has 3 unspecified atom stereocenters. The number of carbonyl (C=O) groups excluding carboxylic acids is 1. The lowest BCUT2D eigenvalue weighted by Crippen LogP contribution is -2.46. The number of nitrogens with zero attached hydrogens (tertiary/aromatic N) is 2. The monoisotopic (exact) mass is 598 g/mol. The largest absolute Gasteiger partial charge is 0.448 e. The predicted molar refractivity (Wildman–Crippen MR) is 130 cm³/mol. The van der Waals surface area contributed by atoms with E-state index in [1.807, 2.05) is 0 Å². The molecule has 0 aliphatic carbocycles. The molecule has 2 aromatic carbocycles. The summed E-state index contributed by atoms with van der Waals surface area (Å²) < 4.78 is 127. The van der Waals surface area contributed by atoms with Gasteiger partial charge < -0.3 is 4.74 Å². The third-order valence-corrected chi connectivity index (χ3v) is 7.17. The highest BCUT2D eigenvalue weighted by molar-refractivity contribution is 7.98. The minimum Gasteiger partial charge on any atom is -0.448 e. The Morgan fingerprint density at radius 2 is 1.57 bits per heavy atom. The molecular weight excluding hydrogens is 575 g/mol. The highest BCUT2D eigenvalue weighted by Gasteiger charge is 2.44. The van der Waals surface area contributed by atoms with E-state index in [0.29, 0.717) is 30.0 Å². The highest BCUT2D eigenvalue weighted by atomic mass is 32.2. The van der Waals surface area contributed by atoms with Crippen molar-refractivity contribution in [1.82, 2.24) is 0 Å². The van der Waals surface area contributed by atoms with Crippen LogP contribution in [0.15, 0.2) is 36.4 Å². The maximum Gasteiger partial charge on any atom is 0.416 e. The van der Waals surface area contributed by atoms with E-state index in [-0.39, 0.29) is 36.8 Å². The van der Waals surface area contributed by atoms with Gasteiger partial charge in [0.25, 0.3) is 0 Å². The smallest absolute Gasteiger partial charge is 0.416 e. The first-order valence-corrected chi connectivity index (χ1v) is 13.3. The Morgan fingerprint density at radius 1 is 1.00 bits per heavy atom. The van der Waals surface area contributed by atoms with Gasteiger partial charge in [-0.15, -0.1) is 0 Å². The summed E-state index contributed by atoms with van der Waals surface area (Å²) in [6.07, 6.45) is -14.3. The third kappa shape index (κ3) is 6.79. The van der Waals surface area contributed by atoms with Gasteiger partial charge in [0.15, 0.2) is 0 Å². The number of hydrogen-bond donors (Lipinski definition) is 0. The van der Waals surface area contributed by atoms with Crippen molar-refractivity contribution in [1.29, 1.82) is 5.26 Å². The van der Waals surface area contributed by atoms with Gasteiger partial charge in [-0.2, -0.15) is 56.5 Å². The molecule has 1 amide bonds. The molecule has 4 nitrogen and oxygen atoms in total. The Kier molecular flexibility index (Phi) is 9.28. The molecule has 14 heteroatoms. The average Bonchev–Trinajstić information content (AvgIpc) is 2.86. The fraction of sp³-hybridized carbons (Fsp3) is 0.462. The first kappa shape index (κ1) is 31.4. The van der Waals surface area contributed by atoms with E-state index in [0.717, 1.165) is 11.0 Å². The van der Waals surface area contributed by atoms with Gasteiger partial charge in [0.1, 0.15) is 6.61 Å². The van der Waals surface area contributed by atoms with Crippen molar-refractivity contribution in [2.24, 2.45) is 0 Å². The molecule has 1 heterocycles. The van der Waals surface area contributed by atoms with E-state index in [9.17, 15) is 49.6 Å². The summed E-state index contributed by atoms with van der Waals surface area (Å²) >= 11 is 1.38. The molecule has 0 radical (unpaired) electrons. The van der Waals surface area contributed by atoms with Crippen molar-refractivity contribution >= 4 is 23.5 Å². The zero-order valence-corrected chi connectivity index (χ0v) is 21.9. The number of amides is 1. The Bertz CT molecular complexity index is 1240. The van der Waals surface area contributed by atoms with Gasteiger partial charge in [0, 0.05) is 17.7 Å². The third-order valence-electron chi connectivity index (χ3n) is 6.60. The number of alkyl halides is 9. The van der Waals surface area contributed by atoms with Crippen molar-refractivity contribution in [3.8, 4) is 6.07 Å².